The number of rotatable bonds is 3. The third kappa shape index (κ3) is 2.40. The molecule has 5 heteroatoms. The van der Waals surface area contributed by atoms with E-state index in [4.69, 9.17) is 4.74 Å². The summed E-state index contributed by atoms with van der Waals surface area (Å²) in [7, 11) is 2.97. The molecule has 0 aliphatic carbocycles. The molecule has 19 heavy (non-hydrogen) atoms. The Morgan fingerprint density at radius 2 is 2.16 bits per heavy atom. The molecule has 0 atom stereocenters. The maximum absolute atomic E-state index is 14.0. The van der Waals surface area contributed by atoms with Gasteiger partial charge in [0.25, 0.3) is 5.91 Å². The van der Waals surface area contributed by atoms with Gasteiger partial charge < -0.3 is 10.1 Å². The number of halogens is 1. The molecule has 1 amide bonds. The van der Waals surface area contributed by atoms with Gasteiger partial charge in [-0.15, -0.1) is 0 Å². The van der Waals surface area contributed by atoms with E-state index in [2.05, 4.69) is 10.3 Å². The van der Waals surface area contributed by atoms with Crippen LogP contribution in [0.2, 0.25) is 0 Å². The molecule has 98 valence electrons. The predicted molar refractivity (Wildman–Crippen MR) is 69.6 cm³/mol. The largest absolute Gasteiger partial charge is 0.496 e. The van der Waals surface area contributed by atoms with Crippen molar-refractivity contribution in [1.82, 2.24) is 10.3 Å². The zero-order chi connectivity index (χ0) is 13.8. The van der Waals surface area contributed by atoms with Crippen LogP contribution in [0.5, 0.6) is 5.75 Å². The lowest BCUT2D eigenvalue weighted by Crippen LogP contribution is -2.19. The molecule has 0 saturated heterocycles. The number of nitrogens with one attached hydrogen (secondary N) is 1. The zero-order valence-corrected chi connectivity index (χ0v) is 10.6. The first-order valence-corrected chi connectivity index (χ1v) is 5.68. The van der Waals surface area contributed by atoms with Crippen LogP contribution in [0.3, 0.4) is 0 Å². The molecular weight excluding hydrogens is 247 g/mol. The maximum atomic E-state index is 14.0. The monoisotopic (exact) mass is 260 g/mol. The average Bonchev–Trinajstić information content (AvgIpc) is 2.46. The van der Waals surface area contributed by atoms with Crippen LogP contribution in [-0.4, -0.2) is 25.0 Å². The Hall–Kier alpha value is -2.43. The van der Waals surface area contributed by atoms with Crippen molar-refractivity contribution < 1.29 is 13.9 Å². The molecule has 2 aromatic rings. The molecule has 1 heterocycles. The lowest BCUT2D eigenvalue weighted by molar-refractivity contribution is 0.0963. The number of nitrogens with zero attached hydrogens (tertiary/aromatic N) is 1. The van der Waals surface area contributed by atoms with Gasteiger partial charge >= 0.3 is 0 Å². The summed E-state index contributed by atoms with van der Waals surface area (Å²) in [5.41, 5.74) is 0.981. The van der Waals surface area contributed by atoms with Crippen molar-refractivity contribution >= 4 is 5.91 Å². The van der Waals surface area contributed by atoms with Crippen molar-refractivity contribution in [1.29, 1.82) is 0 Å². The first kappa shape index (κ1) is 13.0. The van der Waals surface area contributed by atoms with Crippen molar-refractivity contribution in [3.63, 3.8) is 0 Å². The summed E-state index contributed by atoms with van der Waals surface area (Å²) >= 11 is 0. The molecule has 0 saturated carbocycles. The van der Waals surface area contributed by atoms with Crippen LogP contribution in [0.15, 0.2) is 36.7 Å². The number of carbonyl (C=O) groups is 1. The summed E-state index contributed by atoms with van der Waals surface area (Å²) in [6.45, 7) is 0. The number of hydrogen-bond donors (Lipinski definition) is 1. The molecule has 0 spiro atoms. The fourth-order valence-corrected chi connectivity index (χ4v) is 1.86. The number of benzene rings is 1. The summed E-state index contributed by atoms with van der Waals surface area (Å²) in [5.74, 6) is -0.404. The summed E-state index contributed by atoms with van der Waals surface area (Å²) in [6, 6.07) is 6.05. The Balaban J connectivity index is 2.69. The van der Waals surface area contributed by atoms with Crippen molar-refractivity contribution in [3.8, 4) is 16.9 Å². The second-order valence-corrected chi connectivity index (χ2v) is 3.82. The Morgan fingerprint density at radius 1 is 1.37 bits per heavy atom. The fraction of sp³-hybridized carbons (Fsp3) is 0.143. The molecule has 1 N–H and O–H groups in total. The van der Waals surface area contributed by atoms with Crippen molar-refractivity contribution in [2.45, 2.75) is 0 Å². The van der Waals surface area contributed by atoms with E-state index >= 15 is 0 Å². The second kappa shape index (κ2) is 5.48. The second-order valence-electron chi connectivity index (χ2n) is 3.82. The minimum atomic E-state index is -0.461. The number of ether oxygens (including phenoxy) is 1. The third-order valence-electron chi connectivity index (χ3n) is 2.76. The number of amides is 1. The molecule has 0 bridgehead atoms. The first-order chi connectivity index (χ1) is 9.19. The predicted octanol–water partition coefficient (Wildman–Crippen LogP) is 2.26. The molecule has 0 radical (unpaired) electrons. The van der Waals surface area contributed by atoms with E-state index in [1.165, 1.54) is 32.6 Å². The number of carbonyl (C=O) groups excluding carboxylic acids is 1. The molecule has 2 rings (SSSR count). The minimum absolute atomic E-state index is 0.233. The summed E-state index contributed by atoms with van der Waals surface area (Å²) < 4.78 is 19.2. The molecule has 1 aromatic carbocycles. The van der Waals surface area contributed by atoms with Gasteiger partial charge in [0.2, 0.25) is 0 Å². The van der Waals surface area contributed by atoms with Gasteiger partial charge in [0, 0.05) is 25.0 Å². The number of aromatic nitrogens is 1. The molecule has 0 aliphatic rings. The van der Waals surface area contributed by atoms with E-state index in [9.17, 15) is 9.18 Å². The van der Waals surface area contributed by atoms with Crippen LogP contribution >= 0.6 is 0 Å². The normalized spacial score (nSPS) is 10.1. The van der Waals surface area contributed by atoms with Crippen LogP contribution < -0.4 is 10.1 Å². The van der Waals surface area contributed by atoms with E-state index in [1.807, 2.05) is 0 Å². The molecule has 1 aromatic heterocycles. The van der Waals surface area contributed by atoms with E-state index in [1.54, 1.807) is 18.2 Å². The van der Waals surface area contributed by atoms with E-state index in [0.29, 0.717) is 16.9 Å². The lowest BCUT2D eigenvalue weighted by atomic mass is 10.00. The van der Waals surface area contributed by atoms with E-state index in [0.717, 1.165) is 0 Å². The SMILES string of the molecule is CNC(=O)c1ccncc1-c1c(F)cccc1OC. The highest BCUT2D eigenvalue weighted by Crippen LogP contribution is 2.34. The Bertz CT molecular complexity index is 614. The minimum Gasteiger partial charge on any atom is -0.496 e. The molecule has 0 fully saturated rings. The van der Waals surface area contributed by atoms with Gasteiger partial charge in [0.1, 0.15) is 11.6 Å². The Labute approximate surface area is 110 Å². The van der Waals surface area contributed by atoms with Gasteiger partial charge in [-0.25, -0.2) is 4.39 Å². The molecule has 4 nitrogen and oxygen atoms in total. The van der Waals surface area contributed by atoms with Crippen LogP contribution in [0, 0.1) is 5.82 Å². The van der Waals surface area contributed by atoms with E-state index in [-0.39, 0.29) is 11.5 Å². The standard InChI is InChI=1S/C14H13FN2O2/c1-16-14(18)9-6-7-17-8-10(9)13-11(15)4-3-5-12(13)19-2/h3-8H,1-2H3,(H,16,18). The molecular formula is C14H13FN2O2. The summed E-state index contributed by atoms with van der Waals surface area (Å²) in [4.78, 5) is 15.8. The van der Waals surface area contributed by atoms with Gasteiger partial charge in [-0.2, -0.15) is 0 Å². The maximum Gasteiger partial charge on any atom is 0.251 e. The first-order valence-electron chi connectivity index (χ1n) is 5.68. The highest BCUT2D eigenvalue weighted by molar-refractivity contribution is 6.01. The quantitative estimate of drug-likeness (QED) is 0.921. The highest BCUT2D eigenvalue weighted by Gasteiger charge is 2.18. The van der Waals surface area contributed by atoms with Crippen molar-refractivity contribution in [2.75, 3.05) is 14.2 Å². The van der Waals surface area contributed by atoms with Gasteiger partial charge in [-0.3, -0.25) is 9.78 Å². The number of hydrogen-bond acceptors (Lipinski definition) is 3. The Morgan fingerprint density at radius 3 is 2.84 bits per heavy atom. The average molecular weight is 260 g/mol. The van der Waals surface area contributed by atoms with Crippen LogP contribution in [-0.2, 0) is 0 Å². The summed E-state index contributed by atoms with van der Waals surface area (Å²) in [5, 5.41) is 2.52. The number of pyridine rings is 1. The van der Waals surface area contributed by atoms with Crippen molar-refractivity contribution in [3.05, 3.63) is 48.0 Å². The zero-order valence-electron chi connectivity index (χ0n) is 10.6. The van der Waals surface area contributed by atoms with Gasteiger partial charge in [0.05, 0.1) is 18.2 Å². The lowest BCUT2D eigenvalue weighted by Gasteiger charge is -2.12. The van der Waals surface area contributed by atoms with Gasteiger partial charge in [-0.05, 0) is 18.2 Å². The third-order valence-corrected chi connectivity index (χ3v) is 2.76. The van der Waals surface area contributed by atoms with Crippen molar-refractivity contribution in [2.24, 2.45) is 0 Å². The topological polar surface area (TPSA) is 51.2 Å². The molecule has 0 unspecified atom stereocenters. The summed E-state index contributed by atoms with van der Waals surface area (Å²) in [6.07, 6.45) is 2.94. The van der Waals surface area contributed by atoms with Gasteiger partial charge in [0.15, 0.2) is 0 Å². The van der Waals surface area contributed by atoms with Crippen LogP contribution in [0.25, 0.3) is 11.1 Å². The fourth-order valence-electron chi connectivity index (χ4n) is 1.86. The van der Waals surface area contributed by atoms with Crippen LogP contribution in [0.4, 0.5) is 4.39 Å². The Kier molecular flexibility index (Phi) is 3.75. The smallest absolute Gasteiger partial charge is 0.251 e. The highest BCUT2D eigenvalue weighted by atomic mass is 19.1. The van der Waals surface area contributed by atoms with E-state index < -0.39 is 5.82 Å². The number of methoxy groups -OCH3 is 1. The van der Waals surface area contributed by atoms with Crippen LogP contribution in [0.1, 0.15) is 10.4 Å². The van der Waals surface area contributed by atoms with Gasteiger partial charge in [-0.1, -0.05) is 6.07 Å². The molecule has 0 aliphatic heterocycles.